The highest BCUT2D eigenvalue weighted by atomic mass is 16.5. The van der Waals surface area contributed by atoms with Crippen molar-refractivity contribution >= 4 is 28.8 Å². The molecule has 0 aliphatic carbocycles. The standard InChI is InChI=1S/C24H27N5O3.CH3NO/c1-28-16-17(14-26-28)24-15-25-22-7-6-18(12-23(22)27-24)29(8-5-9-30-2)19-10-20(31-3)13-21(11-19)32-4;2-1-3/h6-7,10-16H,5,8-9H2,1-4H3;1H,(H2,2,3). The Morgan fingerprint density at radius 1 is 1.00 bits per heavy atom. The fourth-order valence-electron chi connectivity index (χ4n) is 3.58. The lowest BCUT2D eigenvalue weighted by Gasteiger charge is -2.26. The minimum atomic E-state index is 0.250. The second-order valence-corrected chi connectivity index (χ2v) is 7.54. The Hall–Kier alpha value is -4.18. The largest absolute Gasteiger partial charge is 0.497 e. The molecule has 10 heteroatoms. The third kappa shape index (κ3) is 6.45. The van der Waals surface area contributed by atoms with Gasteiger partial charge in [-0.2, -0.15) is 5.10 Å². The number of nitrogens with two attached hydrogens (primary N) is 1. The van der Waals surface area contributed by atoms with Gasteiger partial charge in [0.25, 0.3) is 0 Å². The van der Waals surface area contributed by atoms with Gasteiger partial charge in [-0.3, -0.25) is 14.5 Å². The highest BCUT2D eigenvalue weighted by Crippen LogP contribution is 2.34. The molecule has 0 atom stereocenters. The van der Waals surface area contributed by atoms with Crippen LogP contribution in [0.5, 0.6) is 11.5 Å². The molecule has 0 aliphatic rings. The smallest absolute Gasteiger partial charge is 0.204 e. The number of carbonyl (C=O) groups is 1. The first-order valence-corrected chi connectivity index (χ1v) is 10.9. The van der Waals surface area contributed by atoms with E-state index in [2.05, 4.69) is 32.8 Å². The Labute approximate surface area is 204 Å². The minimum absolute atomic E-state index is 0.250. The summed E-state index contributed by atoms with van der Waals surface area (Å²) in [6.07, 6.45) is 6.61. The molecule has 0 spiro atoms. The van der Waals surface area contributed by atoms with Crippen molar-refractivity contribution in [3.8, 4) is 22.8 Å². The third-order valence-electron chi connectivity index (χ3n) is 5.22. The zero-order chi connectivity index (χ0) is 25.2. The van der Waals surface area contributed by atoms with Crippen LogP contribution in [0.3, 0.4) is 0 Å². The van der Waals surface area contributed by atoms with Gasteiger partial charge in [0.05, 0.1) is 43.3 Å². The number of anilines is 2. The van der Waals surface area contributed by atoms with Crippen LogP contribution in [0.4, 0.5) is 11.4 Å². The number of hydrogen-bond acceptors (Lipinski definition) is 8. The van der Waals surface area contributed by atoms with E-state index in [0.717, 1.165) is 58.1 Å². The van der Waals surface area contributed by atoms with Crippen molar-refractivity contribution in [3.63, 3.8) is 0 Å². The molecule has 2 N–H and O–H groups in total. The number of ether oxygens (including phenoxy) is 3. The van der Waals surface area contributed by atoms with Crippen molar-refractivity contribution in [2.24, 2.45) is 12.8 Å². The van der Waals surface area contributed by atoms with E-state index in [1.807, 2.05) is 37.5 Å². The number of aryl methyl sites for hydroxylation is 1. The molecule has 0 saturated carbocycles. The van der Waals surface area contributed by atoms with Crippen LogP contribution in [-0.2, 0) is 16.6 Å². The first-order valence-electron chi connectivity index (χ1n) is 10.9. The fourth-order valence-corrected chi connectivity index (χ4v) is 3.58. The van der Waals surface area contributed by atoms with Crippen LogP contribution in [0.1, 0.15) is 6.42 Å². The molecule has 4 aromatic rings. The lowest BCUT2D eigenvalue weighted by atomic mass is 10.1. The third-order valence-corrected chi connectivity index (χ3v) is 5.22. The van der Waals surface area contributed by atoms with E-state index in [4.69, 9.17) is 24.0 Å². The summed E-state index contributed by atoms with van der Waals surface area (Å²) in [5.41, 5.74) is 9.50. The highest BCUT2D eigenvalue weighted by Gasteiger charge is 2.14. The monoisotopic (exact) mass is 478 g/mol. The van der Waals surface area contributed by atoms with Crippen LogP contribution in [0.2, 0.25) is 0 Å². The molecule has 2 heterocycles. The maximum atomic E-state index is 8.58. The van der Waals surface area contributed by atoms with Crippen molar-refractivity contribution in [2.75, 3.05) is 39.4 Å². The maximum Gasteiger partial charge on any atom is 0.204 e. The van der Waals surface area contributed by atoms with E-state index in [-0.39, 0.29) is 6.41 Å². The molecular weight excluding hydrogens is 448 g/mol. The number of aromatic nitrogens is 4. The van der Waals surface area contributed by atoms with E-state index in [9.17, 15) is 0 Å². The van der Waals surface area contributed by atoms with Gasteiger partial charge < -0.3 is 24.8 Å². The Kier molecular flexibility index (Phi) is 8.96. The number of benzene rings is 2. The number of rotatable bonds is 9. The first kappa shape index (κ1) is 25.4. The minimum Gasteiger partial charge on any atom is -0.497 e. The molecule has 0 bridgehead atoms. The Morgan fingerprint density at radius 3 is 2.31 bits per heavy atom. The summed E-state index contributed by atoms with van der Waals surface area (Å²) in [7, 11) is 6.90. The molecule has 2 aromatic heterocycles. The molecule has 35 heavy (non-hydrogen) atoms. The molecule has 0 aliphatic heterocycles. The van der Waals surface area contributed by atoms with Crippen molar-refractivity contribution < 1.29 is 19.0 Å². The zero-order valence-corrected chi connectivity index (χ0v) is 20.3. The molecule has 10 nitrogen and oxygen atoms in total. The maximum absolute atomic E-state index is 8.58. The number of nitrogens with zero attached hydrogens (tertiary/aromatic N) is 5. The van der Waals surface area contributed by atoms with Gasteiger partial charge in [0.15, 0.2) is 0 Å². The van der Waals surface area contributed by atoms with Gasteiger partial charge in [0, 0.05) is 68.6 Å². The molecule has 0 saturated heterocycles. The molecule has 1 amide bonds. The topological polar surface area (TPSA) is 118 Å². The molecular formula is C25H30N6O4. The van der Waals surface area contributed by atoms with Crippen LogP contribution >= 0.6 is 0 Å². The Balaban J connectivity index is 0.00000108. The number of carbonyl (C=O) groups excluding carboxylic acids is 1. The quantitative estimate of drug-likeness (QED) is 0.288. The summed E-state index contributed by atoms with van der Waals surface area (Å²) in [5, 5.41) is 4.24. The normalized spacial score (nSPS) is 10.4. The van der Waals surface area contributed by atoms with Crippen LogP contribution in [0.15, 0.2) is 55.0 Å². The average molecular weight is 479 g/mol. The highest BCUT2D eigenvalue weighted by molar-refractivity contribution is 5.82. The van der Waals surface area contributed by atoms with E-state index < -0.39 is 0 Å². The van der Waals surface area contributed by atoms with Crippen LogP contribution in [0, 0.1) is 0 Å². The first-order chi connectivity index (χ1) is 17.0. The average Bonchev–Trinajstić information content (AvgIpc) is 3.32. The Morgan fingerprint density at radius 2 is 1.71 bits per heavy atom. The summed E-state index contributed by atoms with van der Waals surface area (Å²) in [6.45, 7) is 1.42. The Bertz CT molecular complexity index is 1240. The molecule has 4 rings (SSSR count). The number of primary amides is 1. The van der Waals surface area contributed by atoms with Crippen molar-refractivity contribution in [3.05, 3.63) is 55.0 Å². The van der Waals surface area contributed by atoms with Gasteiger partial charge >= 0.3 is 0 Å². The number of hydrogen-bond donors (Lipinski definition) is 1. The van der Waals surface area contributed by atoms with E-state index >= 15 is 0 Å². The number of amides is 1. The van der Waals surface area contributed by atoms with Gasteiger partial charge in [-0.15, -0.1) is 0 Å². The zero-order valence-electron chi connectivity index (χ0n) is 20.3. The van der Waals surface area contributed by atoms with Gasteiger partial charge in [0.1, 0.15) is 11.5 Å². The van der Waals surface area contributed by atoms with Gasteiger partial charge in [-0.05, 0) is 24.6 Å². The molecule has 184 valence electrons. The summed E-state index contributed by atoms with van der Waals surface area (Å²) in [4.78, 5) is 20.2. The van der Waals surface area contributed by atoms with Crippen molar-refractivity contribution in [1.29, 1.82) is 0 Å². The van der Waals surface area contributed by atoms with Crippen LogP contribution in [0.25, 0.3) is 22.3 Å². The summed E-state index contributed by atoms with van der Waals surface area (Å²) in [6, 6.07) is 12.0. The predicted octanol–water partition coefficient (Wildman–Crippen LogP) is 3.32. The lowest BCUT2D eigenvalue weighted by molar-refractivity contribution is -0.106. The van der Waals surface area contributed by atoms with E-state index in [1.54, 1.807) is 38.4 Å². The van der Waals surface area contributed by atoms with Crippen molar-refractivity contribution in [1.82, 2.24) is 19.7 Å². The molecule has 0 fully saturated rings. The number of fused-ring (bicyclic) bond motifs is 1. The second kappa shape index (κ2) is 12.3. The van der Waals surface area contributed by atoms with E-state index in [0.29, 0.717) is 6.61 Å². The van der Waals surface area contributed by atoms with Gasteiger partial charge in [-0.25, -0.2) is 4.98 Å². The molecule has 0 radical (unpaired) electrons. The number of methoxy groups -OCH3 is 3. The fraction of sp³-hybridized carbons (Fsp3) is 0.280. The summed E-state index contributed by atoms with van der Waals surface area (Å²) in [5.74, 6) is 1.46. The molecule has 2 aromatic carbocycles. The van der Waals surface area contributed by atoms with Crippen molar-refractivity contribution in [2.45, 2.75) is 6.42 Å². The van der Waals surface area contributed by atoms with Crippen LogP contribution in [-0.4, -0.2) is 60.6 Å². The van der Waals surface area contributed by atoms with E-state index in [1.165, 1.54) is 0 Å². The summed E-state index contributed by atoms with van der Waals surface area (Å²) < 4.78 is 18.0. The second-order valence-electron chi connectivity index (χ2n) is 7.54. The SMILES string of the molecule is COCCCN(c1cc(OC)cc(OC)c1)c1ccc2ncc(-c3cnn(C)c3)nc2c1.NC=O. The lowest BCUT2D eigenvalue weighted by Crippen LogP contribution is -2.20. The van der Waals surface area contributed by atoms with Crippen LogP contribution < -0.4 is 20.1 Å². The molecule has 0 unspecified atom stereocenters. The summed E-state index contributed by atoms with van der Waals surface area (Å²) >= 11 is 0. The van der Waals surface area contributed by atoms with Gasteiger partial charge in [0.2, 0.25) is 6.41 Å². The predicted molar refractivity (Wildman–Crippen MR) is 135 cm³/mol. The van der Waals surface area contributed by atoms with Gasteiger partial charge in [-0.1, -0.05) is 0 Å².